The summed E-state index contributed by atoms with van der Waals surface area (Å²) in [6.45, 7) is 1.91. The van der Waals surface area contributed by atoms with E-state index in [0.29, 0.717) is 11.8 Å². The second-order valence-electron chi connectivity index (χ2n) is 7.26. The molecule has 0 aromatic heterocycles. The molecule has 1 aliphatic heterocycles. The number of hydrogen-bond acceptors (Lipinski definition) is 3. The van der Waals surface area contributed by atoms with Gasteiger partial charge in [-0.25, -0.2) is 0 Å². The van der Waals surface area contributed by atoms with E-state index in [1.807, 2.05) is 6.92 Å². The predicted molar refractivity (Wildman–Crippen MR) is 70.3 cm³/mol. The summed E-state index contributed by atoms with van der Waals surface area (Å²) in [7, 11) is 0. The second-order valence-corrected chi connectivity index (χ2v) is 7.26. The highest BCUT2D eigenvalue weighted by Gasteiger charge is 2.61. The van der Waals surface area contributed by atoms with Crippen molar-refractivity contribution < 1.29 is 14.4 Å². The van der Waals surface area contributed by atoms with Gasteiger partial charge in [0, 0.05) is 5.54 Å². The van der Waals surface area contributed by atoms with Crippen LogP contribution in [0.2, 0.25) is 0 Å². The van der Waals surface area contributed by atoms with Gasteiger partial charge in [-0.2, -0.15) is 0 Å². The summed E-state index contributed by atoms with van der Waals surface area (Å²) in [4.78, 5) is 38.1. The van der Waals surface area contributed by atoms with Crippen LogP contribution in [0.1, 0.15) is 39.0 Å². The zero-order chi connectivity index (χ0) is 14.1. The molecule has 4 atom stereocenters. The number of amides is 3. The van der Waals surface area contributed by atoms with Crippen LogP contribution in [0.5, 0.6) is 0 Å². The quantitative estimate of drug-likeness (QED) is 0.771. The first kappa shape index (κ1) is 12.4. The number of imide groups is 1. The highest BCUT2D eigenvalue weighted by molar-refractivity contribution is 6.08. The molecule has 3 aliphatic carbocycles. The summed E-state index contributed by atoms with van der Waals surface area (Å²) in [5, 5.41) is 2.92. The summed E-state index contributed by atoms with van der Waals surface area (Å²) in [5.41, 5.74) is -0.0994. The Balaban J connectivity index is 1.48. The molecule has 4 rings (SSSR count). The molecule has 20 heavy (non-hydrogen) atoms. The normalized spacial score (nSPS) is 40.1. The lowest BCUT2D eigenvalue weighted by atomic mass is 9.81. The van der Waals surface area contributed by atoms with Gasteiger partial charge >= 0.3 is 0 Å². The molecule has 4 fully saturated rings. The Morgan fingerprint density at radius 1 is 1.20 bits per heavy atom. The minimum Gasteiger partial charge on any atom is -0.349 e. The van der Waals surface area contributed by atoms with Crippen molar-refractivity contribution >= 4 is 17.7 Å². The summed E-state index contributed by atoms with van der Waals surface area (Å²) in [6, 6.07) is 0. The third-order valence-corrected chi connectivity index (χ3v) is 5.76. The lowest BCUT2D eigenvalue weighted by molar-refractivity contribution is -0.144. The Morgan fingerprint density at radius 2 is 1.75 bits per heavy atom. The number of hydrogen-bond donors (Lipinski definition) is 1. The first-order valence-corrected chi connectivity index (χ1v) is 7.65. The highest BCUT2D eigenvalue weighted by atomic mass is 16.2. The first-order valence-electron chi connectivity index (χ1n) is 7.65. The van der Waals surface area contributed by atoms with Gasteiger partial charge in [-0.1, -0.05) is 0 Å². The van der Waals surface area contributed by atoms with Gasteiger partial charge in [0.2, 0.25) is 17.7 Å². The number of nitrogens with one attached hydrogen (secondary N) is 1. The lowest BCUT2D eigenvalue weighted by Crippen LogP contribution is -2.45. The lowest BCUT2D eigenvalue weighted by Gasteiger charge is -2.19. The number of fused-ring (bicyclic) bond motifs is 5. The molecule has 4 aliphatic rings. The van der Waals surface area contributed by atoms with Gasteiger partial charge in [0.15, 0.2) is 0 Å². The summed E-state index contributed by atoms with van der Waals surface area (Å²) in [5.74, 6) is 0.146. The van der Waals surface area contributed by atoms with Crippen LogP contribution >= 0.6 is 0 Å². The molecule has 0 aromatic rings. The average Bonchev–Trinajstić information content (AvgIpc) is 2.80. The van der Waals surface area contributed by atoms with Crippen LogP contribution in [-0.2, 0) is 14.4 Å². The Morgan fingerprint density at radius 3 is 2.25 bits per heavy atom. The van der Waals surface area contributed by atoms with Crippen molar-refractivity contribution in [2.75, 3.05) is 6.54 Å². The fraction of sp³-hybridized carbons (Fsp3) is 0.800. The molecule has 5 heteroatoms. The van der Waals surface area contributed by atoms with Crippen LogP contribution in [0.25, 0.3) is 0 Å². The highest BCUT2D eigenvalue weighted by Crippen LogP contribution is 2.56. The zero-order valence-corrected chi connectivity index (χ0v) is 11.7. The maximum absolute atomic E-state index is 12.4. The van der Waals surface area contributed by atoms with Crippen molar-refractivity contribution in [2.24, 2.45) is 23.7 Å². The van der Waals surface area contributed by atoms with Crippen LogP contribution in [0.3, 0.4) is 0 Å². The van der Waals surface area contributed by atoms with E-state index in [-0.39, 0.29) is 41.6 Å². The van der Waals surface area contributed by atoms with Crippen molar-refractivity contribution in [3.8, 4) is 0 Å². The average molecular weight is 276 g/mol. The van der Waals surface area contributed by atoms with Crippen LogP contribution in [0, 0.1) is 23.7 Å². The van der Waals surface area contributed by atoms with E-state index in [0.717, 1.165) is 32.1 Å². The zero-order valence-electron chi connectivity index (χ0n) is 11.7. The third kappa shape index (κ3) is 1.64. The topological polar surface area (TPSA) is 66.5 Å². The molecule has 0 radical (unpaired) electrons. The van der Waals surface area contributed by atoms with Crippen molar-refractivity contribution in [3.63, 3.8) is 0 Å². The molecule has 3 saturated carbocycles. The smallest absolute Gasteiger partial charge is 0.240 e. The maximum Gasteiger partial charge on any atom is 0.240 e. The van der Waals surface area contributed by atoms with E-state index in [1.165, 1.54) is 4.90 Å². The Kier molecular flexibility index (Phi) is 2.37. The Labute approximate surface area is 118 Å². The Bertz CT molecular complexity index is 483. The minimum absolute atomic E-state index is 0.0836. The molecule has 1 N–H and O–H groups in total. The van der Waals surface area contributed by atoms with E-state index in [2.05, 4.69) is 5.32 Å². The molecule has 1 heterocycles. The van der Waals surface area contributed by atoms with Crippen molar-refractivity contribution in [3.05, 3.63) is 0 Å². The molecule has 3 amide bonds. The molecule has 4 unspecified atom stereocenters. The van der Waals surface area contributed by atoms with E-state index in [9.17, 15) is 14.4 Å². The maximum atomic E-state index is 12.4. The Hall–Kier alpha value is -1.39. The summed E-state index contributed by atoms with van der Waals surface area (Å²) < 4.78 is 0. The van der Waals surface area contributed by atoms with Crippen LogP contribution in [-0.4, -0.2) is 34.7 Å². The number of carbonyl (C=O) groups excluding carboxylic acids is 3. The molecular formula is C15H20N2O3. The number of carbonyl (C=O) groups is 3. The van der Waals surface area contributed by atoms with E-state index in [4.69, 9.17) is 0 Å². The van der Waals surface area contributed by atoms with Crippen molar-refractivity contribution in [2.45, 2.75) is 44.6 Å². The van der Waals surface area contributed by atoms with Gasteiger partial charge < -0.3 is 5.32 Å². The number of likely N-dealkylation sites (tertiary alicyclic amines) is 1. The molecule has 108 valence electrons. The standard InChI is InChI=1S/C15H20N2O3/c1-15(4-5-15)16-10(18)7-17-13(19)11-8-2-3-9(6-8)12(11)14(17)20/h8-9,11-12H,2-7H2,1H3,(H,16,18). The summed E-state index contributed by atoms with van der Waals surface area (Å²) in [6.07, 6.45) is 5.14. The fourth-order valence-corrected chi connectivity index (χ4v) is 4.46. The van der Waals surface area contributed by atoms with Crippen molar-refractivity contribution in [1.82, 2.24) is 10.2 Å². The minimum atomic E-state index is -0.195. The van der Waals surface area contributed by atoms with E-state index < -0.39 is 0 Å². The van der Waals surface area contributed by atoms with Crippen molar-refractivity contribution in [1.29, 1.82) is 0 Å². The van der Waals surface area contributed by atoms with Gasteiger partial charge in [0.05, 0.1) is 11.8 Å². The van der Waals surface area contributed by atoms with E-state index >= 15 is 0 Å². The van der Waals surface area contributed by atoms with Gasteiger partial charge in [0.25, 0.3) is 0 Å². The predicted octanol–water partition coefficient (Wildman–Crippen LogP) is 0.686. The SMILES string of the molecule is CC1(NC(=O)CN2C(=O)C3C4CCC(C4)C3C2=O)CC1. The number of rotatable bonds is 3. The molecule has 5 nitrogen and oxygen atoms in total. The molecule has 1 saturated heterocycles. The number of nitrogens with zero attached hydrogens (tertiary/aromatic N) is 1. The summed E-state index contributed by atoms with van der Waals surface area (Å²) >= 11 is 0. The van der Waals surface area contributed by atoms with Gasteiger partial charge in [-0.15, -0.1) is 0 Å². The molecular weight excluding hydrogens is 256 g/mol. The first-order chi connectivity index (χ1) is 9.48. The fourth-order valence-electron chi connectivity index (χ4n) is 4.46. The third-order valence-electron chi connectivity index (χ3n) is 5.76. The largest absolute Gasteiger partial charge is 0.349 e. The second kappa shape index (κ2) is 3.83. The van der Waals surface area contributed by atoms with Gasteiger partial charge in [-0.05, 0) is 50.9 Å². The van der Waals surface area contributed by atoms with E-state index in [1.54, 1.807) is 0 Å². The van der Waals surface area contributed by atoms with Crippen LogP contribution in [0.15, 0.2) is 0 Å². The molecule has 0 aromatic carbocycles. The van der Waals surface area contributed by atoms with Crippen LogP contribution < -0.4 is 5.32 Å². The molecule has 2 bridgehead atoms. The monoisotopic (exact) mass is 276 g/mol. The van der Waals surface area contributed by atoms with Gasteiger partial charge in [-0.3, -0.25) is 19.3 Å². The van der Waals surface area contributed by atoms with Crippen LogP contribution in [0.4, 0.5) is 0 Å². The molecule has 0 spiro atoms. The van der Waals surface area contributed by atoms with Gasteiger partial charge in [0.1, 0.15) is 6.54 Å².